The first-order valence-electron chi connectivity index (χ1n) is 2.34. The minimum absolute atomic E-state index is 0.0833. The van der Waals surface area contributed by atoms with Crippen LogP contribution in [0.15, 0.2) is 12.7 Å². The van der Waals surface area contributed by atoms with Gasteiger partial charge in [-0.3, -0.25) is 0 Å². The second-order valence-corrected chi connectivity index (χ2v) is 1.22. The molecule has 2 nitrogen and oxygen atoms in total. The quantitative estimate of drug-likeness (QED) is 0.353. The second-order valence-electron chi connectivity index (χ2n) is 1.22. The van der Waals surface area contributed by atoms with Gasteiger partial charge in [-0.15, -0.1) is 6.58 Å². The van der Waals surface area contributed by atoms with Gasteiger partial charge in [-0.05, 0) is 0 Å². The lowest BCUT2D eigenvalue weighted by Crippen LogP contribution is -1.62. The molecule has 0 amide bonds. The number of aliphatic hydroxyl groups excluding tert-OH is 1. The van der Waals surface area contributed by atoms with Crippen molar-refractivity contribution in [3.63, 3.8) is 0 Å². The van der Waals surface area contributed by atoms with E-state index >= 15 is 0 Å². The van der Waals surface area contributed by atoms with Crippen molar-refractivity contribution >= 4 is 0 Å². The molecule has 0 aliphatic carbocycles. The zero-order valence-corrected chi connectivity index (χ0v) is 4.35. The minimum Gasteiger partial charge on any atom is -0.392 e. The molecule has 1 saturated heterocycles. The van der Waals surface area contributed by atoms with E-state index in [1.807, 2.05) is 0 Å². The van der Waals surface area contributed by atoms with Crippen LogP contribution in [0.25, 0.3) is 0 Å². The van der Waals surface area contributed by atoms with Crippen LogP contribution in [0, 0.1) is 0 Å². The van der Waals surface area contributed by atoms with Gasteiger partial charge in [0.05, 0.1) is 6.61 Å². The van der Waals surface area contributed by atoms with Crippen molar-refractivity contribution in [1.29, 1.82) is 0 Å². The third kappa shape index (κ3) is 27.5. The Labute approximate surface area is 43.9 Å². The normalized spacial score (nSPS) is 13.9. The highest BCUT2D eigenvalue weighted by Gasteiger charge is 1.91. The molecule has 0 atom stereocenters. The number of hydrogen-bond acceptors (Lipinski definition) is 2. The van der Waals surface area contributed by atoms with Crippen LogP contribution in [0.3, 0.4) is 0 Å². The van der Waals surface area contributed by atoms with Crippen LogP contribution in [-0.4, -0.2) is 24.8 Å². The van der Waals surface area contributed by atoms with Crippen LogP contribution in [0.1, 0.15) is 0 Å². The largest absolute Gasteiger partial charge is 0.392 e. The molecule has 0 aromatic rings. The van der Waals surface area contributed by atoms with E-state index in [1.165, 1.54) is 19.2 Å². The van der Waals surface area contributed by atoms with Crippen LogP contribution in [-0.2, 0) is 0 Å². The highest BCUT2D eigenvalue weighted by atomic mass is 16.2. The van der Waals surface area contributed by atoms with E-state index in [1.54, 1.807) is 0 Å². The number of nitrogens with one attached hydrogen (secondary N) is 1. The summed E-state index contributed by atoms with van der Waals surface area (Å²) >= 11 is 0. The zero-order chi connectivity index (χ0) is 5.54. The Morgan fingerprint density at radius 1 is 1.71 bits per heavy atom. The molecule has 7 heavy (non-hydrogen) atoms. The van der Waals surface area contributed by atoms with E-state index in [0.29, 0.717) is 0 Å². The van der Waals surface area contributed by atoms with Crippen molar-refractivity contribution in [1.82, 2.24) is 5.32 Å². The molecule has 0 unspecified atom stereocenters. The van der Waals surface area contributed by atoms with Gasteiger partial charge in [0.15, 0.2) is 0 Å². The van der Waals surface area contributed by atoms with Gasteiger partial charge in [0, 0.05) is 13.1 Å². The van der Waals surface area contributed by atoms with Crippen molar-refractivity contribution < 1.29 is 5.11 Å². The van der Waals surface area contributed by atoms with Gasteiger partial charge in [0.1, 0.15) is 0 Å². The lowest BCUT2D eigenvalue weighted by atomic mass is 10.7. The van der Waals surface area contributed by atoms with E-state index < -0.39 is 0 Å². The summed E-state index contributed by atoms with van der Waals surface area (Å²) in [6.07, 6.45) is 1.43. The monoisotopic (exact) mass is 101 g/mol. The summed E-state index contributed by atoms with van der Waals surface area (Å²) in [6, 6.07) is 0. The molecule has 2 heteroatoms. The summed E-state index contributed by atoms with van der Waals surface area (Å²) < 4.78 is 0. The fraction of sp³-hybridized carbons (Fsp3) is 0.600. The van der Waals surface area contributed by atoms with Gasteiger partial charge < -0.3 is 10.4 Å². The third-order valence-electron chi connectivity index (χ3n) is 0.379. The lowest BCUT2D eigenvalue weighted by molar-refractivity contribution is 0.343. The summed E-state index contributed by atoms with van der Waals surface area (Å²) in [6.45, 7) is 5.81. The molecule has 0 radical (unpaired) electrons. The highest BCUT2D eigenvalue weighted by molar-refractivity contribution is 4.60. The predicted octanol–water partition coefficient (Wildman–Crippen LogP) is -0.246. The number of aliphatic hydroxyl groups is 1. The van der Waals surface area contributed by atoms with Gasteiger partial charge in [-0.25, -0.2) is 0 Å². The Kier molecular flexibility index (Phi) is 5.39. The Morgan fingerprint density at radius 3 is 2.00 bits per heavy atom. The molecule has 1 rings (SSSR count). The molecule has 1 heterocycles. The van der Waals surface area contributed by atoms with Crippen LogP contribution in [0.5, 0.6) is 0 Å². The van der Waals surface area contributed by atoms with Crippen molar-refractivity contribution in [2.75, 3.05) is 19.7 Å². The maximum Gasteiger partial charge on any atom is 0.0609 e. The van der Waals surface area contributed by atoms with E-state index in [-0.39, 0.29) is 6.61 Å². The summed E-state index contributed by atoms with van der Waals surface area (Å²) in [5, 5.41) is 10.8. The van der Waals surface area contributed by atoms with Crippen molar-refractivity contribution in [2.24, 2.45) is 0 Å². The van der Waals surface area contributed by atoms with Crippen molar-refractivity contribution in [2.45, 2.75) is 0 Å². The predicted molar refractivity (Wildman–Crippen MR) is 30.2 cm³/mol. The first kappa shape index (κ1) is 6.66. The van der Waals surface area contributed by atoms with Crippen molar-refractivity contribution in [3.05, 3.63) is 12.7 Å². The highest BCUT2D eigenvalue weighted by Crippen LogP contribution is 1.65. The molecule has 1 aliphatic heterocycles. The summed E-state index contributed by atoms with van der Waals surface area (Å²) in [5.41, 5.74) is 0. The maximum absolute atomic E-state index is 7.76. The zero-order valence-electron chi connectivity index (χ0n) is 4.35. The Hall–Kier alpha value is -0.340. The van der Waals surface area contributed by atoms with Crippen LogP contribution in [0.4, 0.5) is 0 Å². The summed E-state index contributed by atoms with van der Waals surface area (Å²) in [4.78, 5) is 0. The Morgan fingerprint density at radius 2 is 2.00 bits per heavy atom. The molecule has 0 bridgehead atoms. The smallest absolute Gasteiger partial charge is 0.0609 e. The number of hydrogen-bond donors (Lipinski definition) is 2. The van der Waals surface area contributed by atoms with Crippen LogP contribution in [0.2, 0.25) is 0 Å². The average molecular weight is 101 g/mol. The minimum atomic E-state index is 0.0833. The van der Waals surface area contributed by atoms with Crippen molar-refractivity contribution in [3.8, 4) is 0 Å². The van der Waals surface area contributed by atoms with Gasteiger partial charge in [-0.2, -0.15) is 0 Å². The van der Waals surface area contributed by atoms with Gasteiger partial charge in [-0.1, -0.05) is 6.08 Å². The maximum atomic E-state index is 7.76. The molecule has 42 valence electrons. The summed E-state index contributed by atoms with van der Waals surface area (Å²) in [7, 11) is 0. The Bertz CT molecular complexity index is 40.6. The Balaban J connectivity index is 0.000000105. The van der Waals surface area contributed by atoms with Crippen LogP contribution >= 0.6 is 0 Å². The molecule has 0 spiro atoms. The molecular formula is C5H11NO. The summed E-state index contributed by atoms with van der Waals surface area (Å²) in [5.74, 6) is 0. The molecule has 1 aliphatic rings. The third-order valence-corrected chi connectivity index (χ3v) is 0.379. The first-order valence-corrected chi connectivity index (χ1v) is 2.34. The van der Waals surface area contributed by atoms with E-state index in [0.717, 1.165) is 0 Å². The average Bonchev–Trinajstić information content (AvgIpc) is 2.47. The van der Waals surface area contributed by atoms with Gasteiger partial charge in [0.2, 0.25) is 0 Å². The molecule has 0 saturated carbocycles. The molecule has 0 aromatic carbocycles. The topological polar surface area (TPSA) is 42.2 Å². The van der Waals surface area contributed by atoms with Gasteiger partial charge >= 0.3 is 0 Å². The first-order chi connectivity index (χ1) is 3.41. The fourth-order valence-electron chi connectivity index (χ4n) is 0. The lowest BCUT2D eigenvalue weighted by Gasteiger charge is -1.60. The second kappa shape index (κ2) is 5.66. The van der Waals surface area contributed by atoms with E-state index in [2.05, 4.69) is 11.9 Å². The number of rotatable bonds is 1. The SMILES string of the molecule is C1CN1.C=CCO. The van der Waals surface area contributed by atoms with Crippen LogP contribution < -0.4 is 5.32 Å². The molecule has 0 aromatic heterocycles. The van der Waals surface area contributed by atoms with E-state index in [9.17, 15) is 0 Å². The molecule has 1 fully saturated rings. The molecular weight excluding hydrogens is 90.1 g/mol. The standard InChI is InChI=1S/C3H6O.C2H5N/c1-2-3-4;1-2-3-1/h2,4H,1,3H2;3H,1-2H2. The van der Waals surface area contributed by atoms with Gasteiger partial charge in [0.25, 0.3) is 0 Å². The molecule has 2 N–H and O–H groups in total. The van der Waals surface area contributed by atoms with E-state index in [4.69, 9.17) is 5.11 Å². The fourth-order valence-corrected chi connectivity index (χ4v) is 0.